The smallest absolute Gasteiger partial charge is 0.333 e. The van der Waals surface area contributed by atoms with E-state index in [2.05, 4.69) is 10.6 Å². The fourth-order valence-electron chi connectivity index (χ4n) is 3.26. The van der Waals surface area contributed by atoms with Crippen molar-refractivity contribution in [3.8, 4) is 0 Å². The number of hydrogen-bond acceptors (Lipinski definition) is 5. The molecule has 1 saturated carbocycles. The first kappa shape index (κ1) is 17.2. The summed E-state index contributed by atoms with van der Waals surface area (Å²) in [6.07, 6.45) is 3.04. The number of methoxy groups -OCH3 is 1. The summed E-state index contributed by atoms with van der Waals surface area (Å²) in [4.78, 5) is 25.2. The molecule has 0 aromatic carbocycles. The van der Waals surface area contributed by atoms with Gasteiger partial charge in [0.1, 0.15) is 0 Å². The second-order valence-electron chi connectivity index (χ2n) is 5.85. The molecule has 2 aliphatic rings. The van der Waals surface area contributed by atoms with E-state index in [0.717, 1.165) is 37.2 Å². The predicted octanol–water partition coefficient (Wildman–Crippen LogP) is 1.89. The fraction of sp³-hybridized carbons (Fsp3) is 0.600. The van der Waals surface area contributed by atoms with E-state index in [1.165, 1.54) is 18.4 Å². The van der Waals surface area contributed by atoms with Crippen molar-refractivity contribution in [3.05, 3.63) is 22.4 Å². The van der Waals surface area contributed by atoms with Crippen LogP contribution in [-0.4, -0.2) is 32.1 Å². The van der Waals surface area contributed by atoms with Crippen LogP contribution >= 0.6 is 23.7 Å². The van der Waals surface area contributed by atoms with Gasteiger partial charge in [0.2, 0.25) is 5.91 Å². The Morgan fingerprint density at radius 1 is 1.45 bits per heavy atom. The molecule has 22 heavy (non-hydrogen) atoms. The third kappa shape index (κ3) is 3.29. The van der Waals surface area contributed by atoms with E-state index in [1.807, 2.05) is 17.5 Å². The molecule has 1 aromatic heterocycles. The number of carbonyl (C=O) groups excluding carboxylic acids is 2. The van der Waals surface area contributed by atoms with Gasteiger partial charge in [-0.25, -0.2) is 4.79 Å². The van der Waals surface area contributed by atoms with E-state index in [1.54, 1.807) is 0 Å². The number of halogens is 1. The largest absolute Gasteiger partial charge is 0.467 e. The molecule has 0 bridgehead atoms. The van der Waals surface area contributed by atoms with Crippen LogP contribution in [0.25, 0.3) is 0 Å². The van der Waals surface area contributed by atoms with Crippen molar-refractivity contribution >= 4 is 35.6 Å². The van der Waals surface area contributed by atoms with E-state index >= 15 is 0 Å². The van der Waals surface area contributed by atoms with Gasteiger partial charge in [0.05, 0.1) is 7.11 Å². The lowest BCUT2D eigenvalue weighted by atomic mass is 9.91. The number of ether oxygens (including phenoxy) is 1. The minimum atomic E-state index is -0.679. The summed E-state index contributed by atoms with van der Waals surface area (Å²) in [6, 6.07) is 3.04. The Labute approximate surface area is 140 Å². The van der Waals surface area contributed by atoms with Crippen molar-refractivity contribution in [1.82, 2.24) is 10.6 Å². The highest BCUT2D eigenvalue weighted by molar-refractivity contribution is 7.10. The highest BCUT2D eigenvalue weighted by atomic mass is 35.5. The van der Waals surface area contributed by atoms with Gasteiger partial charge in [0, 0.05) is 10.8 Å². The summed E-state index contributed by atoms with van der Waals surface area (Å²) >= 11 is 1.45. The first-order valence-corrected chi connectivity index (χ1v) is 8.16. The number of hydrogen-bond donors (Lipinski definition) is 2. The van der Waals surface area contributed by atoms with Gasteiger partial charge in [-0.1, -0.05) is 6.07 Å². The lowest BCUT2D eigenvalue weighted by molar-refractivity contribution is -0.145. The standard InChI is InChI=1S/C15H20N2O3S.ClH/c1-20-14(19)12(11-3-2-8-21-11)17-13(18)10-9-15(10)4-6-16-7-5-15;/h2-3,8,10,12,16H,4-7,9H2,1H3,(H,17,18);1H. The van der Waals surface area contributed by atoms with Gasteiger partial charge in [-0.15, -0.1) is 23.7 Å². The Balaban J connectivity index is 0.00000176. The van der Waals surface area contributed by atoms with E-state index in [9.17, 15) is 9.59 Å². The van der Waals surface area contributed by atoms with Crippen molar-refractivity contribution in [2.75, 3.05) is 20.2 Å². The number of thiophene rings is 1. The number of esters is 1. The van der Waals surface area contributed by atoms with Gasteiger partial charge in [-0.05, 0) is 49.2 Å². The molecule has 1 aromatic rings. The summed E-state index contributed by atoms with van der Waals surface area (Å²) in [7, 11) is 1.35. The third-order valence-corrected chi connectivity index (χ3v) is 5.59. The molecule has 5 nitrogen and oxygen atoms in total. The molecular weight excluding hydrogens is 324 g/mol. The van der Waals surface area contributed by atoms with Crippen LogP contribution in [0.4, 0.5) is 0 Å². The predicted molar refractivity (Wildman–Crippen MR) is 87.1 cm³/mol. The average molecular weight is 345 g/mol. The highest BCUT2D eigenvalue weighted by Gasteiger charge is 2.58. The summed E-state index contributed by atoms with van der Waals surface area (Å²) in [5.74, 6) is -0.377. The van der Waals surface area contributed by atoms with Crippen LogP contribution in [0.5, 0.6) is 0 Å². The quantitative estimate of drug-likeness (QED) is 0.818. The molecule has 2 heterocycles. The number of amides is 1. The highest BCUT2D eigenvalue weighted by Crippen LogP contribution is 2.58. The Hall–Kier alpha value is -1.11. The molecule has 7 heteroatoms. The summed E-state index contributed by atoms with van der Waals surface area (Å²) in [6.45, 7) is 1.96. The molecule has 1 spiro atoms. The maximum atomic E-state index is 12.5. The number of carbonyl (C=O) groups is 2. The van der Waals surface area contributed by atoms with Gasteiger partial charge >= 0.3 is 5.97 Å². The molecular formula is C15H21ClN2O3S. The van der Waals surface area contributed by atoms with Crippen molar-refractivity contribution in [2.45, 2.75) is 25.3 Å². The molecule has 2 fully saturated rings. The molecule has 1 aliphatic heterocycles. The minimum Gasteiger partial charge on any atom is -0.467 e. The Bertz CT molecular complexity index is 529. The molecule has 2 N–H and O–H groups in total. The second-order valence-corrected chi connectivity index (χ2v) is 6.83. The van der Waals surface area contributed by atoms with Crippen LogP contribution in [0.3, 0.4) is 0 Å². The monoisotopic (exact) mass is 344 g/mol. The third-order valence-electron chi connectivity index (χ3n) is 4.66. The summed E-state index contributed by atoms with van der Waals surface area (Å²) in [5.41, 5.74) is 0.172. The second kappa shape index (κ2) is 6.98. The van der Waals surface area contributed by atoms with Crippen LogP contribution in [0.15, 0.2) is 17.5 Å². The number of piperidine rings is 1. The minimum absolute atomic E-state index is 0. The molecule has 2 unspecified atom stereocenters. The van der Waals surface area contributed by atoms with Crippen LogP contribution in [0, 0.1) is 11.3 Å². The first-order chi connectivity index (χ1) is 10.2. The number of nitrogens with one attached hydrogen (secondary N) is 2. The Morgan fingerprint density at radius 2 is 2.18 bits per heavy atom. The normalized spacial score (nSPS) is 23.2. The Morgan fingerprint density at radius 3 is 2.77 bits per heavy atom. The lowest BCUT2D eigenvalue weighted by Gasteiger charge is -2.23. The lowest BCUT2D eigenvalue weighted by Crippen LogP contribution is -2.37. The maximum Gasteiger partial charge on any atom is 0.333 e. The van der Waals surface area contributed by atoms with Gasteiger partial charge in [-0.3, -0.25) is 4.79 Å². The van der Waals surface area contributed by atoms with Crippen LogP contribution in [-0.2, 0) is 14.3 Å². The molecule has 122 valence electrons. The zero-order chi connectivity index (χ0) is 14.9. The van der Waals surface area contributed by atoms with E-state index in [0.29, 0.717) is 0 Å². The van der Waals surface area contributed by atoms with Gasteiger partial charge < -0.3 is 15.4 Å². The first-order valence-electron chi connectivity index (χ1n) is 7.29. The van der Waals surface area contributed by atoms with E-state index in [4.69, 9.17) is 4.74 Å². The molecule has 3 rings (SSSR count). The molecule has 1 saturated heterocycles. The van der Waals surface area contributed by atoms with Crippen LogP contribution in [0.2, 0.25) is 0 Å². The SMILES string of the molecule is COC(=O)C(NC(=O)C1CC12CCNCC2)c1cccs1.Cl. The zero-order valence-corrected chi connectivity index (χ0v) is 14.1. The van der Waals surface area contributed by atoms with Crippen LogP contribution in [0.1, 0.15) is 30.2 Å². The van der Waals surface area contributed by atoms with Gasteiger partial charge in [0.25, 0.3) is 0 Å². The zero-order valence-electron chi connectivity index (χ0n) is 12.5. The number of rotatable bonds is 4. The Kier molecular flexibility index (Phi) is 5.47. The van der Waals surface area contributed by atoms with Crippen molar-refractivity contribution in [1.29, 1.82) is 0 Å². The summed E-state index contributed by atoms with van der Waals surface area (Å²) < 4.78 is 4.82. The molecule has 0 radical (unpaired) electrons. The topological polar surface area (TPSA) is 67.4 Å². The molecule has 2 atom stereocenters. The van der Waals surface area contributed by atoms with Crippen molar-refractivity contribution in [2.24, 2.45) is 11.3 Å². The van der Waals surface area contributed by atoms with Crippen LogP contribution < -0.4 is 10.6 Å². The fourth-order valence-corrected chi connectivity index (χ4v) is 4.02. The van der Waals surface area contributed by atoms with Gasteiger partial charge in [0.15, 0.2) is 6.04 Å². The maximum absolute atomic E-state index is 12.5. The van der Waals surface area contributed by atoms with E-state index < -0.39 is 12.0 Å². The van der Waals surface area contributed by atoms with Gasteiger partial charge in [-0.2, -0.15) is 0 Å². The molecule has 1 amide bonds. The van der Waals surface area contributed by atoms with Crippen molar-refractivity contribution in [3.63, 3.8) is 0 Å². The summed E-state index contributed by atoms with van der Waals surface area (Å²) in [5, 5.41) is 8.10. The van der Waals surface area contributed by atoms with Crippen molar-refractivity contribution < 1.29 is 14.3 Å². The average Bonchev–Trinajstić information content (AvgIpc) is 2.96. The van der Waals surface area contributed by atoms with E-state index in [-0.39, 0.29) is 29.6 Å². The molecule has 1 aliphatic carbocycles.